The van der Waals surface area contributed by atoms with E-state index in [1.807, 2.05) is 6.92 Å². The number of amides is 1. The molecule has 0 saturated carbocycles. The van der Waals surface area contributed by atoms with Crippen molar-refractivity contribution in [1.82, 2.24) is 9.80 Å². The minimum absolute atomic E-state index is 0.0298. The van der Waals surface area contributed by atoms with Gasteiger partial charge in [-0.1, -0.05) is 32.0 Å². The normalized spacial score (nSPS) is 21.3. The Hall–Kier alpha value is -3.19. The topological polar surface area (TPSA) is 70.1 Å². The molecule has 1 fully saturated rings. The number of hydrogen-bond acceptors (Lipinski definition) is 5. The second-order valence-corrected chi connectivity index (χ2v) is 8.85. The Labute approximate surface area is 199 Å². The zero-order valence-electron chi connectivity index (χ0n) is 19.9. The number of aliphatic hydroxyl groups is 1. The first-order valence-corrected chi connectivity index (χ1v) is 11.9. The van der Waals surface area contributed by atoms with Gasteiger partial charge in [-0.2, -0.15) is 0 Å². The molecule has 0 radical (unpaired) electrons. The van der Waals surface area contributed by atoms with Crippen LogP contribution in [0.5, 0.6) is 5.75 Å². The molecule has 2 aromatic rings. The first kappa shape index (κ1) is 24.0. The summed E-state index contributed by atoms with van der Waals surface area (Å²) in [5.74, 6) is -1.58. The maximum absolute atomic E-state index is 14.9. The molecule has 0 aromatic heterocycles. The number of ether oxygens (including phenoxy) is 1. The van der Waals surface area contributed by atoms with Gasteiger partial charge in [-0.25, -0.2) is 4.39 Å². The minimum atomic E-state index is -0.985. The lowest BCUT2D eigenvalue weighted by Gasteiger charge is -2.27. The lowest BCUT2D eigenvalue weighted by Crippen LogP contribution is -2.33. The Kier molecular flexibility index (Phi) is 7.03. The summed E-state index contributed by atoms with van der Waals surface area (Å²) >= 11 is 0. The van der Waals surface area contributed by atoms with Crippen molar-refractivity contribution in [2.24, 2.45) is 0 Å². The van der Waals surface area contributed by atoms with E-state index in [1.165, 1.54) is 11.0 Å². The Morgan fingerprint density at radius 2 is 1.91 bits per heavy atom. The Morgan fingerprint density at radius 1 is 1.18 bits per heavy atom. The molecule has 1 amide bonds. The maximum atomic E-state index is 14.9. The third-order valence-corrected chi connectivity index (χ3v) is 6.68. The third kappa shape index (κ3) is 4.44. The SMILES string of the molecule is CCN(CC)CCCN1C(=O)C(=O)/C(=C(/O)c2ccc3c(c2)CC(C)O3)C1c1ccccc1F. The fourth-order valence-electron chi connectivity index (χ4n) is 4.86. The van der Waals surface area contributed by atoms with Gasteiger partial charge in [0.25, 0.3) is 11.7 Å². The number of aliphatic hydroxyl groups excluding tert-OH is 1. The molecule has 7 heteroatoms. The summed E-state index contributed by atoms with van der Waals surface area (Å²) in [4.78, 5) is 29.8. The van der Waals surface area contributed by atoms with Gasteiger partial charge in [-0.05, 0) is 62.8 Å². The van der Waals surface area contributed by atoms with Crippen molar-refractivity contribution in [2.45, 2.75) is 45.8 Å². The van der Waals surface area contributed by atoms with E-state index in [1.54, 1.807) is 36.4 Å². The number of likely N-dealkylation sites (tertiary alicyclic amines) is 1. The quantitative estimate of drug-likeness (QED) is 0.357. The molecule has 2 aliphatic heterocycles. The molecular weight excluding hydrogens is 435 g/mol. The molecule has 2 atom stereocenters. The summed E-state index contributed by atoms with van der Waals surface area (Å²) < 4.78 is 20.6. The predicted molar refractivity (Wildman–Crippen MR) is 128 cm³/mol. The Bertz CT molecular complexity index is 1130. The number of rotatable bonds is 8. The summed E-state index contributed by atoms with van der Waals surface area (Å²) in [5.41, 5.74) is 1.46. The zero-order chi connectivity index (χ0) is 24.4. The van der Waals surface area contributed by atoms with Crippen LogP contribution in [0.25, 0.3) is 5.76 Å². The van der Waals surface area contributed by atoms with Gasteiger partial charge >= 0.3 is 0 Å². The van der Waals surface area contributed by atoms with Gasteiger partial charge < -0.3 is 19.6 Å². The molecule has 0 bridgehead atoms. The number of benzene rings is 2. The molecule has 2 aromatic carbocycles. The summed E-state index contributed by atoms with van der Waals surface area (Å²) in [6.07, 6.45) is 1.35. The van der Waals surface area contributed by atoms with E-state index in [4.69, 9.17) is 4.74 Å². The molecule has 2 unspecified atom stereocenters. The van der Waals surface area contributed by atoms with E-state index in [0.29, 0.717) is 18.4 Å². The highest BCUT2D eigenvalue weighted by atomic mass is 19.1. The van der Waals surface area contributed by atoms with Gasteiger partial charge in [0.1, 0.15) is 23.4 Å². The largest absolute Gasteiger partial charge is 0.507 e. The van der Waals surface area contributed by atoms with Gasteiger partial charge in [0, 0.05) is 24.1 Å². The van der Waals surface area contributed by atoms with Crippen LogP contribution in [0.4, 0.5) is 4.39 Å². The number of hydrogen-bond donors (Lipinski definition) is 1. The van der Waals surface area contributed by atoms with E-state index in [9.17, 15) is 19.1 Å². The number of nitrogens with zero attached hydrogens (tertiary/aromatic N) is 2. The zero-order valence-corrected chi connectivity index (χ0v) is 19.9. The molecule has 2 heterocycles. The van der Waals surface area contributed by atoms with Crippen LogP contribution in [0.1, 0.15) is 49.9 Å². The van der Waals surface area contributed by atoms with Crippen molar-refractivity contribution < 1.29 is 23.8 Å². The van der Waals surface area contributed by atoms with Crippen LogP contribution in [-0.2, 0) is 16.0 Å². The van der Waals surface area contributed by atoms with Crippen molar-refractivity contribution in [3.63, 3.8) is 0 Å². The molecule has 2 aliphatic rings. The van der Waals surface area contributed by atoms with Crippen LogP contribution < -0.4 is 4.74 Å². The average molecular weight is 467 g/mol. The van der Waals surface area contributed by atoms with Crippen LogP contribution in [0, 0.1) is 5.82 Å². The van der Waals surface area contributed by atoms with E-state index < -0.39 is 23.5 Å². The number of ketones is 1. The lowest BCUT2D eigenvalue weighted by atomic mass is 9.94. The highest BCUT2D eigenvalue weighted by Gasteiger charge is 2.46. The minimum Gasteiger partial charge on any atom is -0.507 e. The predicted octanol–water partition coefficient (Wildman–Crippen LogP) is 4.30. The molecule has 1 saturated heterocycles. The fraction of sp³-hybridized carbons (Fsp3) is 0.407. The number of carbonyl (C=O) groups is 2. The number of halogens is 1. The highest BCUT2D eigenvalue weighted by molar-refractivity contribution is 6.46. The lowest BCUT2D eigenvalue weighted by molar-refractivity contribution is -0.140. The van der Waals surface area contributed by atoms with Crippen molar-refractivity contribution in [3.8, 4) is 5.75 Å². The van der Waals surface area contributed by atoms with Gasteiger partial charge in [-0.3, -0.25) is 9.59 Å². The number of Topliss-reactive ketones (excluding diaryl/α,β-unsaturated/α-hetero) is 1. The Balaban J connectivity index is 1.74. The highest BCUT2D eigenvalue weighted by Crippen LogP contribution is 2.41. The molecule has 34 heavy (non-hydrogen) atoms. The van der Waals surface area contributed by atoms with Gasteiger partial charge in [0.2, 0.25) is 0 Å². The van der Waals surface area contributed by atoms with Crippen molar-refractivity contribution in [3.05, 3.63) is 70.5 Å². The molecule has 180 valence electrons. The van der Waals surface area contributed by atoms with Crippen molar-refractivity contribution in [1.29, 1.82) is 0 Å². The van der Waals surface area contributed by atoms with E-state index >= 15 is 0 Å². The molecule has 0 aliphatic carbocycles. The molecule has 1 N–H and O–H groups in total. The van der Waals surface area contributed by atoms with Gasteiger partial charge in [0.05, 0.1) is 11.6 Å². The van der Waals surface area contributed by atoms with E-state index in [-0.39, 0.29) is 29.5 Å². The van der Waals surface area contributed by atoms with Crippen molar-refractivity contribution >= 4 is 17.4 Å². The smallest absolute Gasteiger partial charge is 0.295 e. The van der Waals surface area contributed by atoms with Crippen molar-refractivity contribution in [2.75, 3.05) is 26.2 Å². The van der Waals surface area contributed by atoms with Gasteiger partial charge in [-0.15, -0.1) is 0 Å². The van der Waals surface area contributed by atoms with Crippen LogP contribution in [0.2, 0.25) is 0 Å². The van der Waals surface area contributed by atoms with Crippen LogP contribution in [-0.4, -0.2) is 58.9 Å². The fourth-order valence-corrected chi connectivity index (χ4v) is 4.86. The summed E-state index contributed by atoms with van der Waals surface area (Å²) in [6.45, 7) is 8.89. The summed E-state index contributed by atoms with van der Waals surface area (Å²) in [6, 6.07) is 10.3. The average Bonchev–Trinajstić information content (AvgIpc) is 3.32. The summed E-state index contributed by atoms with van der Waals surface area (Å²) in [7, 11) is 0. The molecule has 6 nitrogen and oxygen atoms in total. The van der Waals surface area contributed by atoms with Crippen LogP contribution in [0.3, 0.4) is 0 Å². The van der Waals surface area contributed by atoms with E-state index in [2.05, 4.69) is 18.7 Å². The molecule has 4 rings (SSSR count). The monoisotopic (exact) mass is 466 g/mol. The second-order valence-electron chi connectivity index (χ2n) is 8.85. The number of carbonyl (C=O) groups excluding carboxylic acids is 2. The molecular formula is C27H31FN2O4. The third-order valence-electron chi connectivity index (χ3n) is 6.68. The second kappa shape index (κ2) is 9.97. The van der Waals surface area contributed by atoms with Crippen LogP contribution >= 0.6 is 0 Å². The first-order valence-electron chi connectivity index (χ1n) is 11.9. The standard InChI is InChI=1S/C27H31FN2O4/c1-4-29(5-2)13-8-14-30-24(20-9-6-7-10-21(20)28)23(26(32)27(30)33)25(31)18-11-12-22-19(16-18)15-17(3)34-22/h6-7,9-12,16-17,24,31H,4-5,8,13-15H2,1-3H3/b25-23+. The number of fused-ring (bicyclic) bond motifs is 1. The first-order chi connectivity index (χ1) is 16.3. The maximum Gasteiger partial charge on any atom is 0.295 e. The summed E-state index contributed by atoms with van der Waals surface area (Å²) in [5, 5.41) is 11.2. The van der Waals surface area contributed by atoms with E-state index in [0.717, 1.165) is 30.9 Å². The van der Waals surface area contributed by atoms with Crippen LogP contribution in [0.15, 0.2) is 48.0 Å². The van der Waals surface area contributed by atoms with Gasteiger partial charge in [0.15, 0.2) is 0 Å². The Morgan fingerprint density at radius 3 is 2.62 bits per heavy atom. The molecule has 0 spiro atoms.